The van der Waals surface area contributed by atoms with Gasteiger partial charge in [-0.1, -0.05) is 53.3 Å². The van der Waals surface area contributed by atoms with Gasteiger partial charge in [-0.2, -0.15) is 0 Å². The Labute approximate surface area is 118 Å². The molecule has 0 bridgehead atoms. The summed E-state index contributed by atoms with van der Waals surface area (Å²) in [5, 5.41) is 0.669. The third-order valence-electron chi connectivity index (χ3n) is 2.56. The number of nitrogens with zero attached hydrogens (tertiary/aromatic N) is 2. The molecule has 0 aliphatic rings. The molecular formula is C14H8ClFN2S. The summed E-state index contributed by atoms with van der Waals surface area (Å²) < 4.78 is 13.9. The van der Waals surface area contributed by atoms with Gasteiger partial charge in [-0.15, -0.1) is 0 Å². The van der Waals surface area contributed by atoms with Crippen LogP contribution < -0.4 is 0 Å². The molecule has 1 aromatic heterocycles. The summed E-state index contributed by atoms with van der Waals surface area (Å²) in [5.41, 5.74) is 1.65. The third-order valence-corrected chi connectivity index (χ3v) is 4.04. The van der Waals surface area contributed by atoms with E-state index in [1.807, 2.05) is 30.3 Å². The second kappa shape index (κ2) is 5.07. The molecule has 19 heavy (non-hydrogen) atoms. The first-order valence-electron chi connectivity index (χ1n) is 5.58. The van der Waals surface area contributed by atoms with Gasteiger partial charge in [0.25, 0.3) is 0 Å². The van der Waals surface area contributed by atoms with E-state index in [0.717, 1.165) is 5.56 Å². The predicted octanol–water partition coefficient (Wildman–Crippen LogP) is 4.84. The summed E-state index contributed by atoms with van der Waals surface area (Å²) in [4.78, 5) is 8.59. The summed E-state index contributed by atoms with van der Waals surface area (Å²) in [6, 6.07) is 12.6. The minimum absolute atomic E-state index is 0.108. The number of thiazole rings is 1. The van der Waals surface area contributed by atoms with Gasteiger partial charge in [0.05, 0.1) is 15.2 Å². The lowest BCUT2D eigenvalue weighted by Crippen LogP contribution is -1.77. The largest absolute Gasteiger partial charge is 0.227 e. The molecule has 0 saturated heterocycles. The number of hydrogen-bond acceptors (Lipinski definition) is 3. The molecule has 0 radical (unpaired) electrons. The maximum absolute atomic E-state index is 13.3. The van der Waals surface area contributed by atoms with Gasteiger partial charge in [0.2, 0.25) is 5.13 Å². The minimum Gasteiger partial charge on any atom is -0.227 e. The molecule has 1 heterocycles. The number of fused-ring (bicyclic) bond motifs is 1. The molecule has 0 fully saturated rings. The van der Waals surface area contributed by atoms with Crippen LogP contribution in [0.1, 0.15) is 5.56 Å². The van der Waals surface area contributed by atoms with Crippen LogP contribution in [0.3, 0.4) is 0 Å². The molecule has 0 unspecified atom stereocenters. The van der Waals surface area contributed by atoms with Crippen molar-refractivity contribution in [2.24, 2.45) is 4.99 Å². The Bertz CT molecular complexity index is 753. The summed E-state index contributed by atoms with van der Waals surface area (Å²) in [5.74, 6) is -0.434. The van der Waals surface area contributed by atoms with Crippen LogP contribution in [0, 0.1) is 5.82 Å². The molecule has 2 nitrogen and oxygen atoms in total. The molecule has 0 N–H and O–H groups in total. The van der Waals surface area contributed by atoms with E-state index in [0.29, 0.717) is 15.3 Å². The molecule has 0 saturated carbocycles. The normalized spacial score (nSPS) is 11.5. The van der Waals surface area contributed by atoms with Gasteiger partial charge in [0, 0.05) is 6.21 Å². The summed E-state index contributed by atoms with van der Waals surface area (Å²) in [6.07, 6.45) is 1.72. The van der Waals surface area contributed by atoms with Crippen LogP contribution in [0.5, 0.6) is 0 Å². The van der Waals surface area contributed by atoms with Crippen LogP contribution in [0.15, 0.2) is 47.5 Å². The van der Waals surface area contributed by atoms with Crippen molar-refractivity contribution in [3.8, 4) is 0 Å². The monoisotopic (exact) mass is 290 g/mol. The predicted molar refractivity (Wildman–Crippen MR) is 78.3 cm³/mol. The fraction of sp³-hybridized carbons (Fsp3) is 0. The van der Waals surface area contributed by atoms with Crippen LogP contribution in [-0.2, 0) is 0 Å². The van der Waals surface area contributed by atoms with E-state index in [1.165, 1.54) is 17.4 Å². The number of rotatable bonds is 2. The van der Waals surface area contributed by atoms with Crippen molar-refractivity contribution in [3.63, 3.8) is 0 Å². The van der Waals surface area contributed by atoms with Gasteiger partial charge in [0.1, 0.15) is 5.82 Å². The molecule has 0 amide bonds. The van der Waals surface area contributed by atoms with Crippen molar-refractivity contribution in [3.05, 3.63) is 58.9 Å². The number of aromatic nitrogens is 1. The molecule has 94 valence electrons. The molecule has 3 rings (SSSR count). The Balaban J connectivity index is 1.98. The molecule has 3 aromatic rings. The van der Waals surface area contributed by atoms with E-state index in [-0.39, 0.29) is 5.02 Å². The van der Waals surface area contributed by atoms with E-state index in [2.05, 4.69) is 9.98 Å². The van der Waals surface area contributed by atoms with E-state index >= 15 is 0 Å². The first-order chi connectivity index (χ1) is 9.24. The van der Waals surface area contributed by atoms with Crippen molar-refractivity contribution < 1.29 is 4.39 Å². The zero-order valence-electron chi connectivity index (χ0n) is 9.68. The maximum atomic E-state index is 13.3. The zero-order chi connectivity index (χ0) is 13.2. The lowest BCUT2D eigenvalue weighted by molar-refractivity contribution is 0.630. The van der Waals surface area contributed by atoms with Gasteiger partial charge in [-0.3, -0.25) is 0 Å². The Hall–Kier alpha value is -1.78. The Morgan fingerprint density at radius 2 is 1.95 bits per heavy atom. The molecule has 0 aliphatic carbocycles. The lowest BCUT2D eigenvalue weighted by atomic mass is 10.2. The number of benzene rings is 2. The fourth-order valence-electron chi connectivity index (χ4n) is 1.65. The summed E-state index contributed by atoms with van der Waals surface area (Å²) in [6.45, 7) is 0. The second-order valence-electron chi connectivity index (χ2n) is 3.87. The summed E-state index contributed by atoms with van der Waals surface area (Å²) in [7, 11) is 0. The highest BCUT2D eigenvalue weighted by atomic mass is 35.5. The van der Waals surface area contributed by atoms with Gasteiger partial charge in [-0.05, 0) is 17.7 Å². The van der Waals surface area contributed by atoms with Crippen LogP contribution in [0.4, 0.5) is 9.52 Å². The molecule has 0 aliphatic heterocycles. The second-order valence-corrected chi connectivity index (χ2v) is 5.23. The fourth-order valence-corrected chi connectivity index (χ4v) is 2.76. The van der Waals surface area contributed by atoms with Gasteiger partial charge in [0.15, 0.2) is 0 Å². The maximum Gasteiger partial charge on any atom is 0.210 e. The van der Waals surface area contributed by atoms with Gasteiger partial charge >= 0.3 is 0 Å². The Morgan fingerprint density at radius 3 is 2.74 bits per heavy atom. The molecule has 5 heteroatoms. The molecular weight excluding hydrogens is 283 g/mol. The van der Waals surface area contributed by atoms with E-state index in [4.69, 9.17) is 11.6 Å². The van der Waals surface area contributed by atoms with E-state index in [1.54, 1.807) is 12.3 Å². The van der Waals surface area contributed by atoms with Gasteiger partial charge in [-0.25, -0.2) is 14.4 Å². The number of halogens is 2. The molecule has 2 aromatic carbocycles. The third kappa shape index (κ3) is 2.50. The van der Waals surface area contributed by atoms with Crippen molar-refractivity contribution in [2.75, 3.05) is 0 Å². The van der Waals surface area contributed by atoms with E-state index in [9.17, 15) is 4.39 Å². The van der Waals surface area contributed by atoms with Crippen LogP contribution >= 0.6 is 22.9 Å². The Morgan fingerprint density at radius 1 is 1.16 bits per heavy atom. The highest BCUT2D eigenvalue weighted by Gasteiger charge is 2.10. The molecule has 0 spiro atoms. The van der Waals surface area contributed by atoms with Crippen molar-refractivity contribution in [1.82, 2.24) is 4.98 Å². The smallest absolute Gasteiger partial charge is 0.210 e. The quantitative estimate of drug-likeness (QED) is 0.620. The molecule has 0 atom stereocenters. The van der Waals surface area contributed by atoms with Crippen molar-refractivity contribution >= 4 is 44.5 Å². The average Bonchev–Trinajstić information content (AvgIpc) is 2.86. The first-order valence-corrected chi connectivity index (χ1v) is 6.77. The number of aliphatic imine (C=N–C) groups is 1. The van der Waals surface area contributed by atoms with Crippen molar-refractivity contribution in [2.45, 2.75) is 0 Å². The lowest BCUT2D eigenvalue weighted by Gasteiger charge is -1.92. The van der Waals surface area contributed by atoms with Crippen LogP contribution in [0.2, 0.25) is 5.02 Å². The van der Waals surface area contributed by atoms with Crippen LogP contribution in [0.25, 0.3) is 10.2 Å². The van der Waals surface area contributed by atoms with E-state index < -0.39 is 5.82 Å². The summed E-state index contributed by atoms with van der Waals surface area (Å²) >= 11 is 7.18. The van der Waals surface area contributed by atoms with Crippen LogP contribution in [-0.4, -0.2) is 11.2 Å². The SMILES string of the molecule is Fc1ccc2nc(/N=C/c3ccccc3)sc2c1Cl. The number of hydrogen-bond donors (Lipinski definition) is 0. The Kier molecular flexibility index (Phi) is 3.27. The minimum atomic E-state index is -0.434. The highest BCUT2D eigenvalue weighted by Crippen LogP contribution is 2.34. The van der Waals surface area contributed by atoms with Gasteiger partial charge < -0.3 is 0 Å². The first kappa shape index (κ1) is 12.3. The zero-order valence-corrected chi connectivity index (χ0v) is 11.2. The standard InChI is InChI=1S/C14H8ClFN2S/c15-12-10(16)6-7-11-13(12)19-14(18-11)17-8-9-4-2-1-3-5-9/h1-8H/b17-8+. The van der Waals surface area contributed by atoms with Crippen molar-refractivity contribution in [1.29, 1.82) is 0 Å². The highest BCUT2D eigenvalue weighted by molar-refractivity contribution is 7.22. The topological polar surface area (TPSA) is 25.2 Å². The average molecular weight is 291 g/mol.